The molecular weight excluding hydrogens is 465 g/mol. The topological polar surface area (TPSA) is 113 Å². The van der Waals surface area contributed by atoms with Crippen LogP contribution in [-0.4, -0.2) is 67.4 Å². The van der Waals surface area contributed by atoms with Crippen LogP contribution < -0.4 is 16.4 Å². The molecule has 1 amide bonds. The van der Waals surface area contributed by atoms with Gasteiger partial charge in [0.05, 0.1) is 17.6 Å². The van der Waals surface area contributed by atoms with E-state index in [4.69, 9.17) is 9.15 Å². The number of amides is 1. The third-order valence-corrected chi connectivity index (χ3v) is 6.74. The lowest BCUT2D eigenvalue weighted by atomic mass is 9.99. The summed E-state index contributed by atoms with van der Waals surface area (Å²) in [6.45, 7) is 3.15. The highest BCUT2D eigenvalue weighted by atomic mass is 19.1. The zero-order chi connectivity index (χ0) is 25.2. The molecule has 0 radical (unpaired) electrons. The molecule has 3 heterocycles. The summed E-state index contributed by atoms with van der Waals surface area (Å²) in [6.07, 6.45) is 0.169. The Balaban J connectivity index is 1.32. The standard InChI is InChI=1S/C26H28FN5O4/c1-31-14-20(15-31)32-22-11-17(5-6-23(22)36-26(32)34)16-3-4-18(21(27)10-16)9-19(12-28)30-25(33)24-13-29-7-2-8-35-24/h3-6,10-11,19-20,24,29H,2,7-9,13-15H2,1H3,(H,30,33)/t19-,24-/m0/s1. The summed E-state index contributed by atoms with van der Waals surface area (Å²) in [5, 5.41) is 15.3. The summed E-state index contributed by atoms with van der Waals surface area (Å²) in [7, 11) is 1.99. The van der Waals surface area contributed by atoms with Gasteiger partial charge in [-0.05, 0) is 54.9 Å². The van der Waals surface area contributed by atoms with E-state index in [9.17, 15) is 14.9 Å². The molecule has 2 atom stereocenters. The summed E-state index contributed by atoms with van der Waals surface area (Å²) < 4.78 is 27.7. The van der Waals surface area contributed by atoms with Crippen molar-refractivity contribution in [3.05, 3.63) is 58.3 Å². The maximum absolute atomic E-state index is 15.1. The van der Waals surface area contributed by atoms with Crippen LogP contribution >= 0.6 is 0 Å². The number of oxazole rings is 1. The smallest absolute Gasteiger partial charge is 0.408 e. The van der Waals surface area contributed by atoms with E-state index >= 15 is 4.39 Å². The zero-order valence-electron chi connectivity index (χ0n) is 20.0. The van der Waals surface area contributed by atoms with Crippen LogP contribution in [0.25, 0.3) is 22.2 Å². The molecule has 0 spiro atoms. The number of rotatable bonds is 6. The van der Waals surface area contributed by atoms with Crippen LogP contribution in [0.15, 0.2) is 45.6 Å². The Kier molecular flexibility index (Phi) is 6.87. The predicted octanol–water partition coefficient (Wildman–Crippen LogP) is 1.82. The number of carbonyl (C=O) groups excluding carboxylic acids is 1. The predicted molar refractivity (Wildman–Crippen MR) is 131 cm³/mol. The molecule has 2 aromatic carbocycles. The quantitative estimate of drug-likeness (QED) is 0.539. The van der Waals surface area contributed by atoms with Gasteiger partial charge in [0.2, 0.25) is 0 Å². The van der Waals surface area contributed by atoms with Gasteiger partial charge in [0.1, 0.15) is 18.0 Å². The molecule has 2 fully saturated rings. The van der Waals surface area contributed by atoms with E-state index in [1.54, 1.807) is 28.8 Å². The molecule has 1 aromatic heterocycles. The molecule has 10 heteroatoms. The van der Waals surface area contributed by atoms with Crippen molar-refractivity contribution in [2.45, 2.75) is 31.0 Å². The van der Waals surface area contributed by atoms with Crippen molar-refractivity contribution in [3.8, 4) is 17.2 Å². The SMILES string of the molecule is CN1CC(n2c(=O)oc3ccc(-c4ccc(C[C@@H](C#N)NC(=O)[C@@H]5CNCCCO5)c(F)c4)cc32)C1. The average Bonchev–Trinajstić information content (AvgIpc) is 3.00. The van der Waals surface area contributed by atoms with Crippen molar-refractivity contribution in [2.24, 2.45) is 0 Å². The number of aromatic nitrogens is 1. The van der Waals surface area contributed by atoms with Gasteiger partial charge in [-0.2, -0.15) is 5.26 Å². The van der Waals surface area contributed by atoms with Gasteiger partial charge in [-0.25, -0.2) is 9.18 Å². The average molecular weight is 494 g/mol. The van der Waals surface area contributed by atoms with Crippen LogP contribution in [-0.2, 0) is 16.0 Å². The molecule has 36 heavy (non-hydrogen) atoms. The van der Waals surface area contributed by atoms with Crippen molar-refractivity contribution < 1.29 is 18.3 Å². The summed E-state index contributed by atoms with van der Waals surface area (Å²) >= 11 is 0. The molecular formula is C26H28FN5O4. The van der Waals surface area contributed by atoms with E-state index < -0.39 is 23.7 Å². The van der Waals surface area contributed by atoms with Crippen molar-refractivity contribution >= 4 is 17.0 Å². The van der Waals surface area contributed by atoms with Crippen molar-refractivity contribution in [2.75, 3.05) is 39.8 Å². The Hall–Kier alpha value is -3.52. The number of hydrogen-bond acceptors (Lipinski definition) is 7. The molecule has 2 aliphatic rings. The lowest BCUT2D eigenvalue weighted by Crippen LogP contribution is -2.47. The second kappa shape index (κ2) is 10.2. The molecule has 5 rings (SSSR count). The highest BCUT2D eigenvalue weighted by Gasteiger charge is 2.29. The van der Waals surface area contributed by atoms with E-state index in [0.717, 1.165) is 31.6 Å². The first-order chi connectivity index (χ1) is 17.4. The molecule has 0 aliphatic carbocycles. The Morgan fingerprint density at radius 2 is 2.06 bits per heavy atom. The Bertz CT molecular complexity index is 1360. The molecule has 2 aliphatic heterocycles. The molecule has 188 valence electrons. The van der Waals surface area contributed by atoms with Gasteiger partial charge < -0.3 is 24.7 Å². The first-order valence-electron chi connectivity index (χ1n) is 12.1. The minimum absolute atomic E-state index is 0.0318. The van der Waals surface area contributed by atoms with E-state index in [2.05, 4.69) is 15.5 Å². The van der Waals surface area contributed by atoms with Crippen LogP contribution in [0.3, 0.4) is 0 Å². The van der Waals surface area contributed by atoms with Gasteiger partial charge in [0, 0.05) is 32.7 Å². The van der Waals surface area contributed by atoms with Crippen molar-refractivity contribution in [1.29, 1.82) is 5.26 Å². The molecule has 0 saturated carbocycles. The number of nitriles is 1. The summed E-state index contributed by atoms with van der Waals surface area (Å²) in [5.74, 6) is -1.25. The number of likely N-dealkylation sites (N-methyl/N-ethyl adjacent to an activating group) is 1. The number of nitrogens with zero attached hydrogens (tertiary/aromatic N) is 3. The highest BCUT2D eigenvalue weighted by molar-refractivity contribution is 5.82. The van der Waals surface area contributed by atoms with E-state index in [1.807, 2.05) is 19.2 Å². The van der Waals surface area contributed by atoms with E-state index in [0.29, 0.717) is 35.4 Å². The first-order valence-corrected chi connectivity index (χ1v) is 12.1. The number of likely N-dealkylation sites (tertiary alicyclic amines) is 1. The Labute approximate surface area is 207 Å². The fraction of sp³-hybridized carbons (Fsp3) is 0.423. The Morgan fingerprint density at radius 1 is 1.28 bits per heavy atom. The fourth-order valence-corrected chi connectivity index (χ4v) is 4.78. The van der Waals surface area contributed by atoms with Crippen LogP contribution in [0.4, 0.5) is 4.39 Å². The lowest BCUT2D eigenvalue weighted by molar-refractivity contribution is -0.132. The van der Waals surface area contributed by atoms with Crippen LogP contribution in [0.2, 0.25) is 0 Å². The number of benzene rings is 2. The normalized spacial score (nSPS) is 19.9. The number of nitrogens with one attached hydrogen (secondary N) is 2. The third kappa shape index (κ3) is 4.91. The summed E-state index contributed by atoms with van der Waals surface area (Å²) in [5.41, 5.74) is 2.89. The van der Waals surface area contributed by atoms with Gasteiger partial charge in [-0.3, -0.25) is 9.36 Å². The minimum atomic E-state index is -0.887. The minimum Gasteiger partial charge on any atom is -0.408 e. The number of halogens is 1. The van der Waals surface area contributed by atoms with Crippen LogP contribution in [0, 0.1) is 17.1 Å². The molecule has 0 bridgehead atoms. The fourth-order valence-electron chi connectivity index (χ4n) is 4.78. The van der Waals surface area contributed by atoms with Crippen LogP contribution in [0.5, 0.6) is 0 Å². The van der Waals surface area contributed by atoms with E-state index in [1.165, 1.54) is 6.07 Å². The summed E-state index contributed by atoms with van der Waals surface area (Å²) in [4.78, 5) is 27.0. The van der Waals surface area contributed by atoms with Gasteiger partial charge in [0.15, 0.2) is 5.58 Å². The summed E-state index contributed by atoms with van der Waals surface area (Å²) in [6, 6.07) is 11.4. The molecule has 2 saturated heterocycles. The second-order valence-corrected chi connectivity index (χ2v) is 9.41. The van der Waals surface area contributed by atoms with Crippen molar-refractivity contribution in [1.82, 2.24) is 20.1 Å². The van der Waals surface area contributed by atoms with Crippen LogP contribution in [0.1, 0.15) is 18.0 Å². The number of ether oxygens (including phenoxy) is 1. The van der Waals surface area contributed by atoms with Gasteiger partial charge >= 0.3 is 5.76 Å². The highest BCUT2D eigenvalue weighted by Crippen LogP contribution is 2.29. The maximum atomic E-state index is 15.1. The van der Waals surface area contributed by atoms with Gasteiger partial charge in [-0.15, -0.1) is 0 Å². The number of fused-ring (bicyclic) bond motifs is 1. The molecule has 2 N–H and O–H groups in total. The largest absolute Gasteiger partial charge is 0.420 e. The van der Waals surface area contributed by atoms with Gasteiger partial charge in [0.25, 0.3) is 5.91 Å². The van der Waals surface area contributed by atoms with Gasteiger partial charge in [-0.1, -0.05) is 18.2 Å². The van der Waals surface area contributed by atoms with E-state index in [-0.39, 0.29) is 18.4 Å². The Morgan fingerprint density at radius 3 is 2.81 bits per heavy atom. The number of hydrogen-bond donors (Lipinski definition) is 2. The lowest BCUT2D eigenvalue weighted by Gasteiger charge is -2.36. The first kappa shape index (κ1) is 24.2. The monoisotopic (exact) mass is 493 g/mol. The molecule has 3 aromatic rings. The zero-order valence-corrected chi connectivity index (χ0v) is 20.0. The molecule has 9 nitrogen and oxygen atoms in total. The number of carbonyl (C=O) groups is 1. The second-order valence-electron chi connectivity index (χ2n) is 9.41. The third-order valence-electron chi connectivity index (χ3n) is 6.74. The maximum Gasteiger partial charge on any atom is 0.420 e. The molecule has 0 unspecified atom stereocenters. The van der Waals surface area contributed by atoms with Crippen molar-refractivity contribution in [3.63, 3.8) is 0 Å².